The molecule has 110 valence electrons. The van der Waals surface area contributed by atoms with Crippen molar-refractivity contribution in [3.8, 4) is 5.75 Å². The van der Waals surface area contributed by atoms with Gasteiger partial charge in [-0.15, -0.1) is 0 Å². The first-order chi connectivity index (χ1) is 9.56. The third-order valence-electron chi connectivity index (χ3n) is 4.29. The first-order valence-corrected chi connectivity index (χ1v) is 7.26. The van der Waals surface area contributed by atoms with Crippen LogP contribution in [0.4, 0.5) is 0 Å². The average Bonchev–Trinajstić information content (AvgIpc) is 2.81. The summed E-state index contributed by atoms with van der Waals surface area (Å²) in [6.07, 6.45) is 0.720. The lowest BCUT2D eigenvalue weighted by atomic mass is 10.0. The minimum absolute atomic E-state index is 0.0529. The van der Waals surface area contributed by atoms with Crippen LogP contribution in [0, 0.1) is 5.92 Å². The van der Waals surface area contributed by atoms with Gasteiger partial charge >= 0.3 is 5.97 Å². The Labute approximate surface area is 120 Å². The van der Waals surface area contributed by atoms with Gasteiger partial charge in [0, 0.05) is 17.6 Å². The van der Waals surface area contributed by atoms with Gasteiger partial charge in [-0.25, -0.2) is 0 Å². The molecule has 0 aromatic heterocycles. The third kappa shape index (κ3) is 2.80. The molecule has 0 spiro atoms. The van der Waals surface area contributed by atoms with Gasteiger partial charge in [0.1, 0.15) is 5.75 Å². The molecule has 0 bridgehead atoms. The summed E-state index contributed by atoms with van der Waals surface area (Å²) in [5.41, 5.74) is 1.13. The molecule has 0 radical (unpaired) electrons. The van der Waals surface area contributed by atoms with Crippen LogP contribution in [0.2, 0.25) is 0 Å². The Morgan fingerprint density at radius 3 is 2.80 bits per heavy atom. The van der Waals surface area contributed by atoms with Crippen molar-refractivity contribution in [3.05, 3.63) is 29.8 Å². The van der Waals surface area contributed by atoms with E-state index in [0.717, 1.165) is 24.3 Å². The van der Waals surface area contributed by atoms with Gasteiger partial charge in [-0.05, 0) is 39.8 Å². The summed E-state index contributed by atoms with van der Waals surface area (Å²) < 4.78 is 5.68. The molecule has 0 saturated carbocycles. The van der Waals surface area contributed by atoms with E-state index in [1.165, 1.54) is 0 Å². The molecule has 3 unspecified atom stereocenters. The van der Waals surface area contributed by atoms with Gasteiger partial charge in [-0.3, -0.25) is 9.69 Å². The molecule has 1 heterocycles. The fourth-order valence-corrected chi connectivity index (χ4v) is 3.13. The third-order valence-corrected chi connectivity index (χ3v) is 4.29. The van der Waals surface area contributed by atoms with Crippen molar-refractivity contribution in [2.24, 2.45) is 5.92 Å². The highest BCUT2D eigenvalue weighted by Crippen LogP contribution is 2.36. The van der Waals surface area contributed by atoms with Gasteiger partial charge in [0.05, 0.1) is 12.5 Å². The van der Waals surface area contributed by atoms with Crippen LogP contribution in [0.3, 0.4) is 0 Å². The van der Waals surface area contributed by atoms with Crippen molar-refractivity contribution in [2.75, 3.05) is 13.2 Å². The summed E-state index contributed by atoms with van der Waals surface area (Å²) in [5.74, 6) is -0.0597. The van der Waals surface area contributed by atoms with E-state index in [9.17, 15) is 9.90 Å². The number of likely N-dealkylation sites (tertiary alicyclic amines) is 1. The van der Waals surface area contributed by atoms with Crippen LogP contribution in [0.5, 0.6) is 5.75 Å². The second-order valence-corrected chi connectivity index (χ2v) is 5.36. The van der Waals surface area contributed by atoms with E-state index in [-0.39, 0.29) is 18.0 Å². The van der Waals surface area contributed by atoms with Gasteiger partial charge in [0.25, 0.3) is 0 Å². The Morgan fingerprint density at radius 2 is 2.20 bits per heavy atom. The van der Waals surface area contributed by atoms with Gasteiger partial charge in [-0.1, -0.05) is 18.2 Å². The Bertz CT molecular complexity index is 475. The first-order valence-electron chi connectivity index (χ1n) is 7.26. The van der Waals surface area contributed by atoms with Gasteiger partial charge in [-0.2, -0.15) is 0 Å². The predicted octanol–water partition coefficient (Wildman–Crippen LogP) is 2.94. The normalized spacial score (nSPS) is 24.6. The number of carbonyl (C=O) groups is 1. The Morgan fingerprint density at radius 1 is 1.50 bits per heavy atom. The highest BCUT2D eigenvalue weighted by Gasteiger charge is 2.38. The summed E-state index contributed by atoms with van der Waals surface area (Å²) in [7, 11) is 0. The molecule has 1 aromatic carbocycles. The standard InChI is InChI=1S/C16H23NO3/c1-4-20-15-8-6-5-7-13(15)11(2)17-10-9-14(12(17)3)16(18)19/h5-8,11-12,14H,4,9-10H2,1-3H3,(H,18,19). The molecule has 0 amide bonds. The molecular weight excluding hydrogens is 254 g/mol. The second kappa shape index (κ2) is 6.27. The SMILES string of the molecule is CCOc1ccccc1C(C)N1CCC(C(=O)O)C1C. The van der Waals surface area contributed by atoms with Gasteiger partial charge < -0.3 is 9.84 Å². The largest absolute Gasteiger partial charge is 0.494 e. The summed E-state index contributed by atoms with van der Waals surface area (Å²) >= 11 is 0. The Balaban J connectivity index is 2.20. The van der Waals surface area contributed by atoms with E-state index < -0.39 is 5.97 Å². The molecule has 20 heavy (non-hydrogen) atoms. The lowest BCUT2D eigenvalue weighted by molar-refractivity contribution is -0.142. The zero-order chi connectivity index (χ0) is 14.7. The first kappa shape index (κ1) is 14.9. The van der Waals surface area contributed by atoms with Crippen molar-refractivity contribution in [3.63, 3.8) is 0 Å². The number of carboxylic acids is 1. The average molecular weight is 277 g/mol. The molecule has 0 aliphatic carbocycles. The maximum atomic E-state index is 11.2. The predicted molar refractivity (Wildman–Crippen MR) is 77.9 cm³/mol. The van der Waals surface area contributed by atoms with Crippen LogP contribution >= 0.6 is 0 Å². The number of nitrogens with zero attached hydrogens (tertiary/aromatic N) is 1. The van der Waals surface area contributed by atoms with Crippen molar-refractivity contribution < 1.29 is 14.6 Å². The number of para-hydroxylation sites is 1. The second-order valence-electron chi connectivity index (χ2n) is 5.36. The highest BCUT2D eigenvalue weighted by molar-refractivity contribution is 5.71. The summed E-state index contributed by atoms with van der Waals surface area (Å²) in [4.78, 5) is 13.5. The van der Waals surface area contributed by atoms with Crippen molar-refractivity contribution in [1.29, 1.82) is 0 Å². The summed E-state index contributed by atoms with van der Waals surface area (Å²) in [6, 6.07) is 8.23. The summed E-state index contributed by atoms with van der Waals surface area (Å²) in [5, 5.41) is 9.24. The lowest BCUT2D eigenvalue weighted by Gasteiger charge is -2.31. The van der Waals surface area contributed by atoms with Crippen LogP contribution in [-0.2, 0) is 4.79 Å². The van der Waals surface area contributed by atoms with E-state index in [4.69, 9.17) is 4.74 Å². The quantitative estimate of drug-likeness (QED) is 0.899. The topological polar surface area (TPSA) is 49.8 Å². The molecule has 3 atom stereocenters. The molecule has 1 aromatic rings. The van der Waals surface area contributed by atoms with Gasteiger partial charge in [0.2, 0.25) is 0 Å². The van der Waals surface area contributed by atoms with Crippen LogP contribution < -0.4 is 4.74 Å². The number of hydrogen-bond acceptors (Lipinski definition) is 3. The van der Waals surface area contributed by atoms with E-state index in [1.807, 2.05) is 32.0 Å². The van der Waals surface area contributed by atoms with Crippen LogP contribution in [0.25, 0.3) is 0 Å². The molecule has 1 fully saturated rings. The zero-order valence-electron chi connectivity index (χ0n) is 12.4. The number of benzene rings is 1. The van der Waals surface area contributed by atoms with E-state index in [1.54, 1.807) is 0 Å². The fourth-order valence-electron chi connectivity index (χ4n) is 3.13. The fraction of sp³-hybridized carbons (Fsp3) is 0.562. The van der Waals surface area contributed by atoms with E-state index in [0.29, 0.717) is 6.61 Å². The molecule has 2 rings (SSSR count). The Kier molecular flexibility index (Phi) is 4.65. The highest BCUT2D eigenvalue weighted by atomic mass is 16.5. The molecule has 1 aliphatic heterocycles. The van der Waals surface area contributed by atoms with E-state index in [2.05, 4.69) is 17.9 Å². The molecule has 1 aliphatic rings. The maximum absolute atomic E-state index is 11.2. The minimum Gasteiger partial charge on any atom is -0.494 e. The lowest BCUT2D eigenvalue weighted by Crippen LogP contribution is -2.35. The van der Waals surface area contributed by atoms with Crippen molar-refractivity contribution in [2.45, 2.75) is 39.3 Å². The Hall–Kier alpha value is -1.55. The molecular formula is C16H23NO3. The molecule has 4 nitrogen and oxygen atoms in total. The van der Waals surface area contributed by atoms with Gasteiger partial charge in [0.15, 0.2) is 0 Å². The molecule has 1 N–H and O–H groups in total. The number of aliphatic carboxylic acids is 1. The smallest absolute Gasteiger partial charge is 0.308 e. The molecule has 1 saturated heterocycles. The van der Waals surface area contributed by atoms with E-state index >= 15 is 0 Å². The number of rotatable bonds is 5. The minimum atomic E-state index is -0.690. The van der Waals surface area contributed by atoms with Crippen LogP contribution in [0.15, 0.2) is 24.3 Å². The van der Waals surface area contributed by atoms with Crippen molar-refractivity contribution in [1.82, 2.24) is 4.90 Å². The monoisotopic (exact) mass is 277 g/mol. The van der Waals surface area contributed by atoms with Crippen LogP contribution in [0.1, 0.15) is 38.8 Å². The number of hydrogen-bond donors (Lipinski definition) is 1. The maximum Gasteiger partial charge on any atom is 0.308 e. The van der Waals surface area contributed by atoms with Crippen molar-refractivity contribution >= 4 is 5.97 Å². The summed E-state index contributed by atoms with van der Waals surface area (Å²) in [6.45, 7) is 7.56. The number of carboxylic acid groups (broad SMARTS) is 1. The zero-order valence-corrected chi connectivity index (χ0v) is 12.4. The number of ether oxygens (including phenoxy) is 1. The molecule has 4 heteroatoms. The van der Waals surface area contributed by atoms with Crippen LogP contribution in [-0.4, -0.2) is 35.2 Å².